The van der Waals surface area contributed by atoms with Crippen molar-refractivity contribution >= 4 is 11.6 Å². The fourth-order valence-corrected chi connectivity index (χ4v) is 2.42. The first-order valence-electron chi connectivity index (χ1n) is 6.57. The van der Waals surface area contributed by atoms with Gasteiger partial charge >= 0.3 is 0 Å². The first kappa shape index (κ1) is 12.6. The summed E-state index contributed by atoms with van der Waals surface area (Å²) in [6.45, 7) is 2.97. The number of piperidine rings is 1. The lowest BCUT2D eigenvalue weighted by Crippen LogP contribution is -2.32. The zero-order valence-electron chi connectivity index (χ0n) is 10.7. The molecule has 0 amide bonds. The quantitative estimate of drug-likeness (QED) is 0.864. The van der Waals surface area contributed by atoms with Gasteiger partial charge in [0.25, 0.3) is 0 Å². The molecule has 2 aromatic rings. The third-order valence-corrected chi connectivity index (χ3v) is 3.58. The van der Waals surface area contributed by atoms with E-state index in [2.05, 4.69) is 20.3 Å². The van der Waals surface area contributed by atoms with Gasteiger partial charge in [0, 0.05) is 10.6 Å². The summed E-state index contributed by atoms with van der Waals surface area (Å²) in [6.07, 6.45) is 3.86. The van der Waals surface area contributed by atoms with E-state index in [0.717, 1.165) is 25.3 Å². The molecule has 100 valence electrons. The normalized spacial score (nSPS) is 16.7. The molecule has 1 aliphatic heterocycles. The molecule has 1 aliphatic rings. The van der Waals surface area contributed by atoms with Crippen LogP contribution in [0.25, 0.3) is 11.4 Å². The lowest BCUT2D eigenvalue weighted by atomic mass is 10.1. The Morgan fingerprint density at radius 2 is 1.79 bits per heavy atom. The van der Waals surface area contributed by atoms with E-state index in [4.69, 9.17) is 11.6 Å². The van der Waals surface area contributed by atoms with Crippen LogP contribution in [0.3, 0.4) is 0 Å². The molecule has 1 fully saturated rings. The van der Waals surface area contributed by atoms with E-state index in [-0.39, 0.29) is 0 Å². The summed E-state index contributed by atoms with van der Waals surface area (Å²) in [7, 11) is 0. The summed E-state index contributed by atoms with van der Waals surface area (Å²) in [5.41, 5.74) is 0.939. The predicted molar refractivity (Wildman–Crippen MR) is 73.7 cm³/mol. The number of benzene rings is 1. The molecular weight excluding hydrogens is 262 g/mol. The number of nitrogens with zero attached hydrogens (tertiary/aromatic N) is 5. The second kappa shape index (κ2) is 5.67. The molecule has 1 aromatic carbocycles. The van der Waals surface area contributed by atoms with Crippen molar-refractivity contribution in [3.8, 4) is 11.4 Å². The van der Waals surface area contributed by atoms with Gasteiger partial charge in [-0.1, -0.05) is 18.0 Å². The van der Waals surface area contributed by atoms with Crippen LogP contribution in [0, 0.1) is 0 Å². The molecule has 0 spiro atoms. The lowest BCUT2D eigenvalue weighted by molar-refractivity contribution is 0.161. The second-order valence-electron chi connectivity index (χ2n) is 4.81. The summed E-state index contributed by atoms with van der Waals surface area (Å²) in [6, 6.07) is 7.49. The first-order chi connectivity index (χ1) is 9.31. The highest BCUT2D eigenvalue weighted by atomic mass is 35.5. The molecule has 3 rings (SSSR count). The number of hydrogen-bond acceptors (Lipinski definition) is 4. The van der Waals surface area contributed by atoms with E-state index in [9.17, 15) is 0 Å². The minimum absolute atomic E-state index is 0.647. The second-order valence-corrected chi connectivity index (χ2v) is 5.25. The summed E-state index contributed by atoms with van der Waals surface area (Å²) < 4.78 is 0. The fourth-order valence-electron chi connectivity index (χ4n) is 2.30. The van der Waals surface area contributed by atoms with E-state index < -0.39 is 0 Å². The molecule has 1 aromatic heterocycles. The van der Waals surface area contributed by atoms with Gasteiger partial charge in [0.15, 0.2) is 0 Å². The van der Waals surface area contributed by atoms with Crippen LogP contribution >= 0.6 is 11.6 Å². The third kappa shape index (κ3) is 3.11. The molecule has 0 unspecified atom stereocenters. The average Bonchev–Trinajstić information content (AvgIpc) is 2.89. The van der Waals surface area contributed by atoms with Crippen molar-refractivity contribution < 1.29 is 0 Å². The van der Waals surface area contributed by atoms with E-state index in [0.29, 0.717) is 10.8 Å². The molecule has 0 atom stereocenters. The van der Waals surface area contributed by atoms with Crippen molar-refractivity contribution in [2.24, 2.45) is 0 Å². The fraction of sp³-hybridized carbons (Fsp3) is 0.462. The lowest BCUT2D eigenvalue weighted by Gasteiger charge is -2.25. The maximum Gasteiger partial charge on any atom is 0.204 e. The van der Waals surface area contributed by atoms with Gasteiger partial charge in [-0.3, -0.25) is 4.90 Å². The van der Waals surface area contributed by atoms with E-state index in [1.54, 1.807) is 4.80 Å². The summed E-state index contributed by atoms with van der Waals surface area (Å²) in [5, 5.41) is 13.3. The largest absolute Gasteiger partial charge is 0.283 e. The molecular formula is C13H16ClN5. The topological polar surface area (TPSA) is 46.8 Å². The van der Waals surface area contributed by atoms with Crippen molar-refractivity contribution in [2.45, 2.75) is 25.9 Å². The Kier molecular flexibility index (Phi) is 3.75. The Balaban J connectivity index is 1.70. The Hall–Kier alpha value is -1.46. The molecule has 0 radical (unpaired) electrons. The maximum atomic E-state index is 5.86. The molecule has 5 nitrogen and oxygen atoms in total. The van der Waals surface area contributed by atoms with Crippen LogP contribution in [0.5, 0.6) is 0 Å². The van der Waals surface area contributed by atoms with Gasteiger partial charge in [-0.25, -0.2) is 0 Å². The number of hydrogen-bond donors (Lipinski definition) is 0. The van der Waals surface area contributed by atoms with Crippen molar-refractivity contribution in [1.29, 1.82) is 0 Å². The van der Waals surface area contributed by atoms with E-state index >= 15 is 0 Å². The SMILES string of the molecule is Clc1ccc(-c2nnn(CN3CCCCC3)n2)cc1. The summed E-state index contributed by atoms with van der Waals surface area (Å²) in [4.78, 5) is 4.02. The van der Waals surface area contributed by atoms with Gasteiger partial charge in [0.1, 0.15) is 6.67 Å². The minimum Gasteiger partial charge on any atom is -0.283 e. The van der Waals surface area contributed by atoms with Crippen LogP contribution in [-0.4, -0.2) is 38.2 Å². The van der Waals surface area contributed by atoms with Crippen molar-refractivity contribution in [3.63, 3.8) is 0 Å². The van der Waals surface area contributed by atoms with Gasteiger partial charge in [-0.05, 0) is 55.4 Å². The molecule has 0 N–H and O–H groups in total. The summed E-state index contributed by atoms with van der Waals surface area (Å²) in [5.74, 6) is 0.647. The Labute approximate surface area is 117 Å². The minimum atomic E-state index is 0.647. The number of halogens is 1. The Morgan fingerprint density at radius 3 is 2.53 bits per heavy atom. The van der Waals surface area contributed by atoms with Crippen LogP contribution in [0.15, 0.2) is 24.3 Å². The number of aromatic nitrogens is 4. The summed E-state index contributed by atoms with van der Waals surface area (Å²) >= 11 is 5.86. The molecule has 6 heteroatoms. The standard InChI is InChI=1S/C13H16ClN5/c14-12-6-4-11(5-7-12)13-15-17-19(16-13)10-18-8-2-1-3-9-18/h4-7H,1-3,8-10H2. The van der Waals surface area contributed by atoms with Gasteiger partial charge < -0.3 is 0 Å². The Morgan fingerprint density at radius 1 is 1.05 bits per heavy atom. The smallest absolute Gasteiger partial charge is 0.204 e. The van der Waals surface area contributed by atoms with Gasteiger partial charge in [-0.2, -0.15) is 0 Å². The highest BCUT2D eigenvalue weighted by Gasteiger charge is 2.12. The number of tetrazole rings is 1. The third-order valence-electron chi connectivity index (χ3n) is 3.33. The van der Waals surface area contributed by atoms with E-state index in [1.165, 1.54) is 19.3 Å². The number of rotatable bonds is 3. The molecule has 0 aliphatic carbocycles. The maximum absolute atomic E-state index is 5.86. The van der Waals surface area contributed by atoms with Crippen molar-refractivity contribution in [3.05, 3.63) is 29.3 Å². The monoisotopic (exact) mass is 277 g/mol. The molecule has 19 heavy (non-hydrogen) atoms. The molecule has 1 saturated heterocycles. The van der Waals surface area contributed by atoms with Crippen molar-refractivity contribution in [1.82, 2.24) is 25.1 Å². The first-order valence-corrected chi connectivity index (χ1v) is 6.95. The van der Waals surface area contributed by atoms with Crippen LogP contribution in [0.1, 0.15) is 19.3 Å². The van der Waals surface area contributed by atoms with Crippen LogP contribution in [0.4, 0.5) is 0 Å². The molecule has 2 heterocycles. The van der Waals surface area contributed by atoms with Crippen LogP contribution in [-0.2, 0) is 6.67 Å². The van der Waals surface area contributed by atoms with Crippen molar-refractivity contribution in [2.75, 3.05) is 13.1 Å². The van der Waals surface area contributed by atoms with Gasteiger partial charge in [0.05, 0.1) is 0 Å². The Bertz CT molecular complexity index is 530. The number of likely N-dealkylation sites (tertiary alicyclic amines) is 1. The highest BCUT2D eigenvalue weighted by molar-refractivity contribution is 6.30. The zero-order chi connectivity index (χ0) is 13.1. The van der Waals surface area contributed by atoms with E-state index in [1.807, 2.05) is 24.3 Å². The zero-order valence-corrected chi connectivity index (χ0v) is 11.4. The predicted octanol–water partition coefficient (Wildman–Crippen LogP) is 2.44. The van der Waals surface area contributed by atoms with Crippen LogP contribution in [0.2, 0.25) is 5.02 Å². The van der Waals surface area contributed by atoms with Gasteiger partial charge in [-0.15, -0.1) is 15.0 Å². The average molecular weight is 278 g/mol. The molecule has 0 bridgehead atoms. The molecule has 0 saturated carbocycles. The highest BCUT2D eigenvalue weighted by Crippen LogP contribution is 2.17. The van der Waals surface area contributed by atoms with Gasteiger partial charge in [0.2, 0.25) is 5.82 Å². The van der Waals surface area contributed by atoms with Crippen LogP contribution < -0.4 is 0 Å².